The van der Waals surface area contributed by atoms with E-state index < -0.39 is 5.91 Å². The number of rotatable bonds is 4. The van der Waals surface area contributed by atoms with E-state index in [1.165, 1.54) is 0 Å². The number of primary amides is 1. The number of carbonyl (C=O) groups excluding carboxylic acids is 3. The molecule has 3 amide bonds. The highest BCUT2D eigenvalue weighted by Gasteiger charge is 2.35. The fourth-order valence-corrected chi connectivity index (χ4v) is 2.69. The maximum Gasteiger partial charge on any atom is 0.237 e. The van der Waals surface area contributed by atoms with Gasteiger partial charge >= 0.3 is 0 Å². The van der Waals surface area contributed by atoms with Crippen LogP contribution in [0.4, 0.5) is 0 Å². The topological polar surface area (TPSA) is 105 Å². The van der Waals surface area contributed by atoms with Crippen molar-refractivity contribution in [3.63, 3.8) is 0 Å². The molecule has 0 aromatic carbocycles. The fraction of sp³-hybridized carbons (Fsp3) is 0.750. The summed E-state index contributed by atoms with van der Waals surface area (Å²) >= 11 is 0. The first-order valence-electron chi connectivity index (χ1n) is 6.64. The van der Waals surface area contributed by atoms with Gasteiger partial charge in [0.05, 0.1) is 12.5 Å². The number of piperidine rings is 1. The molecule has 0 aromatic heterocycles. The van der Waals surface area contributed by atoms with Crippen LogP contribution in [-0.4, -0.2) is 54.8 Å². The molecule has 0 aliphatic carbocycles. The summed E-state index contributed by atoms with van der Waals surface area (Å²) < 4.78 is 0. The third-order valence-corrected chi connectivity index (χ3v) is 3.69. The molecule has 7 nitrogen and oxygen atoms in total. The molecular weight excluding hydrogens is 248 g/mol. The van der Waals surface area contributed by atoms with E-state index in [-0.39, 0.29) is 36.7 Å². The molecule has 106 valence electrons. The molecule has 0 saturated carbocycles. The average molecular weight is 268 g/mol. The summed E-state index contributed by atoms with van der Waals surface area (Å²) in [6, 6.07) is 0.0388. The molecular formula is C12H20N4O3. The number of hydrogen-bond acceptors (Lipinski definition) is 4. The smallest absolute Gasteiger partial charge is 0.237 e. The van der Waals surface area contributed by atoms with Crippen molar-refractivity contribution < 1.29 is 14.4 Å². The maximum atomic E-state index is 12.4. The van der Waals surface area contributed by atoms with Gasteiger partial charge in [-0.25, -0.2) is 0 Å². The Morgan fingerprint density at radius 2 is 2.00 bits per heavy atom. The van der Waals surface area contributed by atoms with Crippen molar-refractivity contribution in [3.05, 3.63) is 0 Å². The van der Waals surface area contributed by atoms with Crippen LogP contribution in [0, 0.1) is 5.92 Å². The van der Waals surface area contributed by atoms with Gasteiger partial charge in [-0.05, 0) is 25.9 Å². The lowest BCUT2D eigenvalue weighted by Gasteiger charge is -2.35. The van der Waals surface area contributed by atoms with Crippen molar-refractivity contribution in [2.45, 2.75) is 25.3 Å². The lowest BCUT2D eigenvalue weighted by Crippen LogP contribution is -2.51. The average Bonchev–Trinajstić information content (AvgIpc) is 2.83. The Kier molecular flexibility index (Phi) is 4.36. The first-order valence-corrected chi connectivity index (χ1v) is 6.64. The Bertz CT molecular complexity index is 379. The van der Waals surface area contributed by atoms with Crippen molar-refractivity contribution in [3.8, 4) is 0 Å². The molecule has 0 spiro atoms. The second-order valence-electron chi connectivity index (χ2n) is 5.12. The minimum absolute atomic E-state index is 0.0388. The summed E-state index contributed by atoms with van der Waals surface area (Å²) in [5.41, 5.74) is 5.23. The first kappa shape index (κ1) is 13.8. The number of amides is 3. The summed E-state index contributed by atoms with van der Waals surface area (Å²) in [7, 11) is 0. The number of nitrogens with zero attached hydrogens (tertiary/aromatic N) is 1. The zero-order valence-electron chi connectivity index (χ0n) is 10.9. The van der Waals surface area contributed by atoms with E-state index in [9.17, 15) is 14.4 Å². The SMILES string of the molecule is NC(=O)CN(C(=O)C1CNC(=O)C1)C1CCNCC1. The lowest BCUT2D eigenvalue weighted by atomic mass is 10.0. The quantitative estimate of drug-likeness (QED) is 0.559. The summed E-state index contributed by atoms with van der Waals surface area (Å²) in [4.78, 5) is 36.4. The summed E-state index contributed by atoms with van der Waals surface area (Å²) in [5, 5.41) is 5.86. The van der Waals surface area contributed by atoms with Gasteiger partial charge in [0.15, 0.2) is 0 Å². The van der Waals surface area contributed by atoms with Crippen LogP contribution in [0.1, 0.15) is 19.3 Å². The summed E-state index contributed by atoms with van der Waals surface area (Å²) in [6.45, 7) is 1.95. The highest BCUT2D eigenvalue weighted by Crippen LogP contribution is 2.18. The molecule has 2 aliphatic heterocycles. The van der Waals surface area contributed by atoms with Gasteiger partial charge in [0.25, 0.3) is 0 Å². The first-order chi connectivity index (χ1) is 9.08. The van der Waals surface area contributed by atoms with Crippen LogP contribution in [0.2, 0.25) is 0 Å². The van der Waals surface area contributed by atoms with E-state index in [4.69, 9.17) is 5.73 Å². The second kappa shape index (κ2) is 6.01. The molecule has 2 saturated heterocycles. The van der Waals surface area contributed by atoms with Crippen molar-refractivity contribution in [2.75, 3.05) is 26.2 Å². The number of hydrogen-bond donors (Lipinski definition) is 3. The number of carbonyl (C=O) groups is 3. The minimum atomic E-state index is -0.510. The molecule has 2 rings (SSSR count). The molecule has 19 heavy (non-hydrogen) atoms. The monoisotopic (exact) mass is 268 g/mol. The van der Waals surface area contributed by atoms with Gasteiger partial charge in [-0.2, -0.15) is 0 Å². The normalized spacial score (nSPS) is 24.0. The van der Waals surface area contributed by atoms with Gasteiger partial charge < -0.3 is 21.3 Å². The molecule has 7 heteroatoms. The van der Waals surface area contributed by atoms with E-state index >= 15 is 0 Å². The van der Waals surface area contributed by atoms with Gasteiger partial charge in [0.2, 0.25) is 17.7 Å². The van der Waals surface area contributed by atoms with Crippen molar-refractivity contribution in [1.29, 1.82) is 0 Å². The van der Waals surface area contributed by atoms with Gasteiger partial charge in [-0.15, -0.1) is 0 Å². The van der Waals surface area contributed by atoms with Crippen molar-refractivity contribution in [2.24, 2.45) is 11.7 Å². The van der Waals surface area contributed by atoms with Gasteiger partial charge in [-0.1, -0.05) is 0 Å². The van der Waals surface area contributed by atoms with Crippen LogP contribution in [0.25, 0.3) is 0 Å². The molecule has 4 N–H and O–H groups in total. The highest BCUT2D eigenvalue weighted by atomic mass is 16.2. The molecule has 2 fully saturated rings. The maximum absolute atomic E-state index is 12.4. The lowest BCUT2D eigenvalue weighted by molar-refractivity contribution is -0.141. The Hall–Kier alpha value is -1.63. The van der Waals surface area contributed by atoms with E-state index in [0.29, 0.717) is 6.54 Å². The van der Waals surface area contributed by atoms with Gasteiger partial charge in [0.1, 0.15) is 0 Å². The largest absolute Gasteiger partial charge is 0.368 e. The van der Waals surface area contributed by atoms with Crippen molar-refractivity contribution in [1.82, 2.24) is 15.5 Å². The molecule has 0 bridgehead atoms. The highest BCUT2D eigenvalue weighted by molar-refractivity contribution is 5.91. The molecule has 1 unspecified atom stereocenters. The Balaban J connectivity index is 2.05. The molecule has 1 atom stereocenters. The Labute approximate surface area is 111 Å². The molecule has 2 aliphatic rings. The predicted octanol–water partition coefficient (Wildman–Crippen LogP) is -1.81. The third-order valence-electron chi connectivity index (χ3n) is 3.69. The van der Waals surface area contributed by atoms with Gasteiger partial charge in [0, 0.05) is 19.0 Å². The zero-order valence-corrected chi connectivity index (χ0v) is 10.9. The number of nitrogens with two attached hydrogens (primary N) is 1. The Morgan fingerprint density at radius 1 is 1.32 bits per heavy atom. The van der Waals surface area contributed by atoms with Crippen LogP contribution in [0.5, 0.6) is 0 Å². The van der Waals surface area contributed by atoms with E-state index in [2.05, 4.69) is 10.6 Å². The van der Waals surface area contributed by atoms with Crippen LogP contribution in [-0.2, 0) is 14.4 Å². The van der Waals surface area contributed by atoms with Crippen LogP contribution in [0.15, 0.2) is 0 Å². The van der Waals surface area contributed by atoms with E-state index in [1.807, 2.05) is 0 Å². The third kappa shape index (κ3) is 3.44. The molecule has 0 aromatic rings. The van der Waals surface area contributed by atoms with Crippen LogP contribution in [0.3, 0.4) is 0 Å². The fourth-order valence-electron chi connectivity index (χ4n) is 2.69. The van der Waals surface area contributed by atoms with E-state index in [0.717, 1.165) is 25.9 Å². The van der Waals surface area contributed by atoms with E-state index in [1.54, 1.807) is 4.90 Å². The minimum Gasteiger partial charge on any atom is -0.368 e. The summed E-state index contributed by atoms with van der Waals surface area (Å²) in [5.74, 6) is -1.11. The number of nitrogens with one attached hydrogen (secondary N) is 2. The summed E-state index contributed by atoms with van der Waals surface area (Å²) in [6.07, 6.45) is 1.83. The predicted molar refractivity (Wildman–Crippen MR) is 67.9 cm³/mol. The van der Waals surface area contributed by atoms with Gasteiger partial charge in [-0.3, -0.25) is 14.4 Å². The zero-order chi connectivity index (χ0) is 13.8. The van der Waals surface area contributed by atoms with Crippen LogP contribution >= 0.6 is 0 Å². The second-order valence-corrected chi connectivity index (χ2v) is 5.12. The molecule has 0 radical (unpaired) electrons. The van der Waals surface area contributed by atoms with Crippen LogP contribution < -0.4 is 16.4 Å². The Morgan fingerprint density at radius 3 is 2.53 bits per heavy atom. The molecule has 2 heterocycles. The van der Waals surface area contributed by atoms with Crippen molar-refractivity contribution >= 4 is 17.7 Å². The standard InChI is InChI=1S/C12H20N4O3/c13-10(17)7-16(9-1-3-14-4-2-9)12(19)8-5-11(18)15-6-8/h8-9,14H,1-7H2,(H2,13,17)(H,15,18).